The summed E-state index contributed by atoms with van der Waals surface area (Å²) in [4.78, 5) is 19.7. The van der Waals surface area contributed by atoms with Crippen molar-refractivity contribution in [3.05, 3.63) is 47.3 Å². The maximum Gasteiger partial charge on any atom is 0.263 e. The van der Waals surface area contributed by atoms with Gasteiger partial charge in [-0.25, -0.2) is 9.50 Å². The summed E-state index contributed by atoms with van der Waals surface area (Å²) < 4.78 is 16.3. The Hall–Kier alpha value is -3.07. The molecule has 4 aromatic rings. The van der Waals surface area contributed by atoms with Crippen LogP contribution in [-0.4, -0.2) is 54.9 Å². The van der Waals surface area contributed by atoms with Gasteiger partial charge in [-0.1, -0.05) is 0 Å². The van der Waals surface area contributed by atoms with Gasteiger partial charge in [0.25, 0.3) is 5.91 Å². The molecule has 0 aromatic carbocycles. The lowest BCUT2D eigenvalue weighted by molar-refractivity contribution is 0.0790. The summed E-state index contributed by atoms with van der Waals surface area (Å²) in [6.07, 6.45) is 9.93. The third-order valence-corrected chi connectivity index (χ3v) is 6.23. The van der Waals surface area contributed by atoms with Crippen LogP contribution in [0.3, 0.4) is 0 Å². The van der Waals surface area contributed by atoms with E-state index in [1.165, 1.54) is 11.3 Å². The van der Waals surface area contributed by atoms with Crippen LogP contribution in [-0.2, 0) is 7.05 Å². The van der Waals surface area contributed by atoms with Crippen LogP contribution in [0.15, 0.2) is 42.4 Å². The smallest absolute Gasteiger partial charge is 0.263 e. The zero-order valence-electron chi connectivity index (χ0n) is 15.8. The first-order valence-corrected chi connectivity index (χ1v) is 10.3. The number of likely N-dealkylation sites (tertiary alicyclic amines) is 1. The minimum Gasteiger partial charge on any atom is -0.338 e. The van der Waals surface area contributed by atoms with Crippen molar-refractivity contribution in [2.75, 3.05) is 19.8 Å². The number of fused-ring (bicyclic) bond motifs is 1. The summed E-state index contributed by atoms with van der Waals surface area (Å²) in [5.74, 6) is -0.0586. The molecule has 1 atom stereocenters. The molecule has 148 valence electrons. The zero-order valence-corrected chi connectivity index (χ0v) is 16.6. The molecule has 1 aliphatic heterocycles. The van der Waals surface area contributed by atoms with Gasteiger partial charge in [0.1, 0.15) is 0 Å². The highest BCUT2D eigenvalue weighted by molar-refractivity contribution is 7.12. The quantitative estimate of drug-likeness (QED) is 0.518. The molecule has 1 unspecified atom stereocenters. The van der Waals surface area contributed by atoms with Gasteiger partial charge in [-0.05, 0) is 23.4 Å². The fraction of sp³-hybridized carbons (Fsp3) is 0.300. The normalized spacial score (nSPS) is 16.8. The standard InChI is InChI=1S/C20H19FN6OS/c1-25-10-16(7-23-25)15-6-22-19-17(8-24-27(19)11-15)14-4-18(29-12-14)20(28)26-3-2-13(5-21)9-26/h4,6-8,10-13H,2-3,5,9H2,1H3. The van der Waals surface area contributed by atoms with Crippen molar-refractivity contribution < 1.29 is 9.18 Å². The first-order chi connectivity index (χ1) is 14.1. The maximum atomic E-state index is 12.9. The molecule has 0 spiro atoms. The van der Waals surface area contributed by atoms with E-state index < -0.39 is 0 Å². The fourth-order valence-electron chi connectivity index (χ4n) is 3.69. The van der Waals surface area contributed by atoms with Crippen molar-refractivity contribution in [1.82, 2.24) is 29.3 Å². The van der Waals surface area contributed by atoms with Gasteiger partial charge in [0, 0.05) is 61.3 Å². The Bertz CT molecular complexity index is 1190. The van der Waals surface area contributed by atoms with Crippen molar-refractivity contribution in [2.24, 2.45) is 13.0 Å². The molecule has 0 N–H and O–H groups in total. The van der Waals surface area contributed by atoms with Crippen LogP contribution in [0.4, 0.5) is 4.39 Å². The van der Waals surface area contributed by atoms with Gasteiger partial charge in [0.2, 0.25) is 0 Å². The van der Waals surface area contributed by atoms with Gasteiger partial charge in [0.05, 0.1) is 23.9 Å². The number of amides is 1. The topological polar surface area (TPSA) is 68.3 Å². The number of nitrogens with zero attached hydrogens (tertiary/aromatic N) is 6. The number of halogens is 1. The molecule has 0 aliphatic carbocycles. The van der Waals surface area contributed by atoms with Crippen LogP contribution in [0.1, 0.15) is 16.1 Å². The first-order valence-electron chi connectivity index (χ1n) is 9.39. The summed E-state index contributed by atoms with van der Waals surface area (Å²) in [5, 5.41) is 10.6. The second kappa shape index (κ2) is 7.07. The molecule has 0 bridgehead atoms. The Kier molecular flexibility index (Phi) is 4.39. The lowest BCUT2D eigenvalue weighted by atomic mass is 10.1. The van der Waals surface area contributed by atoms with E-state index >= 15 is 0 Å². The minimum absolute atomic E-state index is 0.0273. The summed E-state index contributed by atoms with van der Waals surface area (Å²) in [7, 11) is 1.87. The Morgan fingerprint density at radius 2 is 2.07 bits per heavy atom. The van der Waals surface area contributed by atoms with E-state index in [4.69, 9.17) is 0 Å². The number of hydrogen-bond donors (Lipinski definition) is 0. The summed E-state index contributed by atoms with van der Waals surface area (Å²) in [5.41, 5.74) is 4.42. The van der Waals surface area contributed by atoms with E-state index in [0.29, 0.717) is 18.0 Å². The van der Waals surface area contributed by atoms with Gasteiger partial charge >= 0.3 is 0 Å². The number of hydrogen-bond acceptors (Lipinski definition) is 5. The monoisotopic (exact) mass is 410 g/mol. The SMILES string of the molecule is Cn1cc(-c2cnc3c(-c4csc(C(=O)N5CCC(CF)C5)c4)cnn3c2)cn1. The highest BCUT2D eigenvalue weighted by Crippen LogP contribution is 2.31. The summed E-state index contributed by atoms with van der Waals surface area (Å²) in [6.45, 7) is 0.753. The average Bonchev–Trinajstić information content (AvgIpc) is 3.52. The molecule has 0 radical (unpaired) electrons. The number of carbonyl (C=O) groups is 1. The molecule has 5 heterocycles. The van der Waals surface area contributed by atoms with Gasteiger partial charge in [0.15, 0.2) is 5.65 Å². The third-order valence-electron chi connectivity index (χ3n) is 5.31. The molecular weight excluding hydrogens is 391 g/mol. The van der Waals surface area contributed by atoms with Crippen molar-refractivity contribution in [2.45, 2.75) is 6.42 Å². The van der Waals surface area contributed by atoms with Crippen molar-refractivity contribution in [3.8, 4) is 22.3 Å². The Morgan fingerprint density at radius 3 is 2.83 bits per heavy atom. The summed E-state index contributed by atoms with van der Waals surface area (Å²) >= 11 is 1.40. The van der Waals surface area contributed by atoms with Gasteiger partial charge < -0.3 is 4.90 Å². The molecule has 4 aromatic heterocycles. The minimum atomic E-state index is -0.366. The number of aromatic nitrogens is 5. The summed E-state index contributed by atoms with van der Waals surface area (Å²) in [6, 6.07) is 1.88. The Balaban J connectivity index is 1.42. The fourth-order valence-corrected chi connectivity index (χ4v) is 4.56. The highest BCUT2D eigenvalue weighted by Gasteiger charge is 2.28. The lowest BCUT2D eigenvalue weighted by Crippen LogP contribution is -2.28. The third kappa shape index (κ3) is 3.21. The van der Waals surface area contributed by atoms with E-state index in [2.05, 4.69) is 15.2 Å². The number of thiophene rings is 1. The second-order valence-electron chi connectivity index (χ2n) is 7.33. The lowest BCUT2D eigenvalue weighted by Gasteiger charge is -2.14. The number of rotatable bonds is 4. The Morgan fingerprint density at radius 1 is 1.21 bits per heavy atom. The van der Waals surface area contributed by atoms with E-state index in [9.17, 15) is 9.18 Å². The second-order valence-corrected chi connectivity index (χ2v) is 8.24. The first kappa shape index (κ1) is 18.0. The van der Waals surface area contributed by atoms with Crippen LogP contribution in [0, 0.1) is 5.92 Å². The van der Waals surface area contributed by atoms with E-state index in [-0.39, 0.29) is 18.5 Å². The average molecular weight is 410 g/mol. The largest absolute Gasteiger partial charge is 0.338 e. The van der Waals surface area contributed by atoms with E-state index in [0.717, 1.165) is 34.3 Å². The maximum absolute atomic E-state index is 12.9. The van der Waals surface area contributed by atoms with Crippen LogP contribution in [0.2, 0.25) is 0 Å². The van der Waals surface area contributed by atoms with Crippen LogP contribution < -0.4 is 0 Å². The van der Waals surface area contributed by atoms with Gasteiger partial charge in [-0.2, -0.15) is 10.2 Å². The van der Waals surface area contributed by atoms with Crippen molar-refractivity contribution >= 4 is 22.9 Å². The molecule has 9 heteroatoms. The molecule has 1 saturated heterocycles. The van der Waals surface area contributed by atoms with E-state index in [1.54, 1.807) is 32.7 Å². The van der Waals surface area contributed by atoms with Gasteiger partial charge in [-0.3, -0.25) is 13.9 Å². The van der Waals surface area contributed by atoms with E-state index in [1.807, 2.05) is 30.9 Å². The molecule has 1 amide bonds. The van der Waals surface area contributed by atoms with Gasteiger partial charge in [-0.15, -0.1) is 11.3 Å². The molecule has 5 rings (SSSR count). The van der Waals surface area contributed by atoms with Crippen LogP contribution in [0.25, 0.3) is 27.9 Å². The van der Waals surface area contributed by atoms with Crippen LogP contribution >= 0.6 is 11.3 Å². The Labute approximate surface area is 170 Å². The zero-order chi connectivity index (χ0) is 20.0. The predicted molar refractivity (Wildman–Crippen MR) is 108 cm³/mol. The van der Waals surface area contributed by atoms with Crippen molar-refractivity contribution in [1.29, 1.82) is 0 Å². The molecule has 1 aliphatic rings. The molecule has 0 saturated carbocycles. The molecule has 7 nitrogen and oxygen atoms in total. The number of alkyl halides is 1. The van der Waals surface area contributed by atoms with Crippen molar-refractivity contribution in [3.63, 3.8) is 0 Å². The number of aryl methyl sites for hydroxylation is 1. The number of carbonyl (C=O) groups excluding carboxylic acids is 1. The molecule has 29 heavy (non-hydrogen) atoms. The molecule has 1 fully saturated rings. The highest BCUT2D eigenvalue weighted by atomic mass is 32.1. The predicted octanol–water partition coefficient (Wildman–Crippen LogP) is 3.29. The van der Waals surface area contributed by atoms with Crippen LogP contribution in [0.5, 0.6) is 0 Å². The molecular formula is C20H19FN6OS.